The fraction of sp³-hybridized carbons (Fsp3) is 0.143. The van der Waals surface area contributed by atoms with Gasteiger partial charge in [0.25, 0.3) is 0 Å². The molecule has 96 valence electrons. The second-order valence-electron chi connectivity index (χ2n) is 3.79. The molecule has 0 saturated carbocycles. The fourth-order valence-corrected chi connectivity index (χ4v) is 1.61. The minimum Gasteiger partial charge on any atom is -0.477 e. The van der Waals surface area contributed by atoms with E-state index in [-0.39, 0.29) is 5.69 Å². The zero-order valence-electron chi connectivity index (χ0n) is 9.98. The first-order valence-corrected chi connectivity index (χ1v) is 6.18. The standard InChI is InChI=1S/C14H11ClN2O2/c15-8-2-1-3-10-4-6-11(7-5-10)12-9-13(14(18)19)17-16-12/h4-7,9H,2,8H2,(H,16,17)(H,18,19). The number of aromatic carboxylic acids is 1. The highest BCUT2D eigenvalue weighted by atomic mass is 35.5. The molecule has 2 aromatic rings. The maximum absolute atomic E-state index is 10.7. The third-order valence-corrected chi connectivity index (χ3v) is 2.63. The van der Waals surface area contributed by atoms with E-state index in [1.54, 1.807) is 0 Å². The van der Waals surface area contributed by atoms with E-state index in [0.717, 1.165) is 11.1 Å². The van der Waals surface area contributed by atoms with Crippen molar-refractivity contribution in [1.29, 1.82) is 0 Å². The van der Waals surface area contributed by atoms with Crippen LogP contribution in [0.1, 0.15) is 22.5 Å². The lowest BCUT2D eigenvalue weighted by Gasteiger charge is -1.96. The van der Waals surface area contributed by atoms with Crippen LogP contribution in [0.15, 0.2) is 30.3 Å². The van der Waals surface area contributed by atoms with Crippen molar-refractivity contribution in [2.45, 2.75) is 6.42 Å². The molecule has 19 heavy (non-hydrogen) atoms. The number of aromatic amines is 1. The minimum absolute atomic E-state index is 0.0704. The molecule has 0 bridgehead atoms. The smallest absolute Gasteiger partial charge is 0.353 e. The molecule has 1 heterocycles. The third-order valence-electron chi connectivity index (χ3n) is 2.44. The number of alkyl halides is 1. The maximum atomic E-state index is 10.7. The molecular formula is C14H11ClN2O2. The summed E-state index contributed by atoms with van der Waals surface area (Å²) in [5.41, 5.74) is 2.40. The molecular weight excluding hydrogens is 264 g/mol. The molecule has 2 rings (SSSR count). The van der Waals surface area contributed by atoms with E-state index in [2.05, 4.69) is 22.0 Å². The monoisotopic (exact) mass is 274 g/mol. The number of aromatic nitrogens is 2. The molecule has 0 aliphatic rings. The van der Waals surface area contributed by atoms with E-state index in [1.165, 1.54) is 6.07 Å². The van der Waals surface area contributed by atoms with Gasteiger partial charge in [0.1, 0.15) is 5.69 Å². The van der Waals surface area contributed by atoms with E-state index in [1.807, 2.05) is 24.3 Å². The van der Waals surface area contributed by atoms with Gasteiger partial charge >= 0.3 is 5.97 Å². The number of carboxylic acid groups (broad SMARTS) is 1. The van der Waals surface area contributed by atoms with Gasteiger partial charge in [-0.2, -0.15) is 5.10 Å². The lowest BCUT2D eigenvalue weighted by Crippen LogP contribution is -1.95. The number of hydrogen-bond donors (Lipinski definition) is 2. The Morgan fingerprint density at radius 1 is 1.37 bits per heavy atom. The Kier molecular flexibility index (Phi) is 4.22. The minimum atomic E-state index is -1.03. The number of nitrogens with zero attached hydrogens (tertiary/aromatic N) is 1. The molecule has 0 aliphatic heterocycles. The van der Waals surface area contributed by atoms with Gasteiger partial charge in [-0.15, -0.1) is 11.6 Å². The third kappa shape index (κ3) is 3.36. The second kappa shape index (κ2) is 6.07. The molecule has 0 saturated heterocycles. The predicted molar refractivity (Wildman–Crippen MR) is 73.2 cm³/mol. The van der Waals surface area contributed by atoms with Crippen LogP contribution in [0.2, 0.25) is 0 Å². The highest BCUT2D eigenvalue weighted by Gasteiger charge is 2.08. The second-order valence-corrected chi connectivity index (χ2v) is 4.17. The number of H-pyrrole nitrogens is 1. The lowest BCUT2D eigenvalue weighted by molar-refractivity contribution is 0.0690. The van der Waals surface area contributed by atoms with Gasteiger partial charge in [0.15, 0.2) is 0 Å². The predicted octanol–water partition coefficient (Wildman–Crippen LogP) is 2.76. The van der Waals surface area contributed by atoms with Crippen LogP contribution in [0.25, 0.3) is 11.3 Å². The average Bonchev–Trinajstić information content (AvgIpc) is 2.90. The van der Waals surface area contributed by atoms with Gasteiger partial charge in [-0.1, -0.05) is 24.0 Å². The fourth-order valence-electron chi connectivity index (χ4n) is 1.52. The molecule has 2 N–H and O–H groups in total. The van der Waals surface area contributed by atoms with Gasteiger partial charge in [-0.3, -0.25) is 5.10 Å². The zero-order chi connectivity index (χ0) is 13.7. The van der Waals surface area contributed by atoms with E-state index in [0.29, 0.717) is 18.0 Å². The molecule has 4 nitrogen and oxygen atoms in total. The summed E-state index contributed by atoms with van der Waals surface area (Å²) in [6.07, 6.45) is 0.657. The average molecular weight is 275 g/mol. The molecule has 0 atom stereocenters. The summed E-state index contributed by atoms with van der Waals surface area (Å²) in [6, 6.07) is 8.94. The van der Waals surface area contributed by atoms with Crippen molar-refractivity contribution < 1.29 is 9.90 Å². The van der Waals surface area contributed by atoms with E-state index >= 15 is 0 Å². The number of hydrogen-bond acceptors (Lipinski definition) is 2. The highest BCUT2D eigenvalue weighted by molar-refractivity contribution is 6.18. The quantitative estimate of drug-likeness (QED) is 0.668. The Bertz CT molecular complexity index is 635. The summed E-state index contributed by atoms with van der Waals surface area (Å²) in [6.45, 7) is 0. The molecule has 0 aliphatic carbocycles. The van der Waals surface area contributed by atoms with Crippen molar-refractivity contribution in [3.8, 4) is 23.1 Å². The van der Waals surface area contributed by atoms with Crippen molar-refractivity contribution in [2.24, 2.45) is 0 Å². The molecule has 0 unspecified atom stereocenters. The van der Waals surface area contributed by atoms with Crippen LogP contribution in [0, 0.1) is 11.8 Å². The molecule has 0 amide bonds. The van der Waals surface area contributed by atoms with Crippen molar-refractivity contribution in [1.82, 2.24) is 10.2 Å². The number of halogens is 1. The largest absolute Gasteiger partial charge is 0.477 e. The molecule has 5 heteroatoms. The Labute approximate surface area is 115 Å². The van der Waals surface area contributed by atoms with Gasteiger partial charge < -0.3 is 5.11 Å². The van der Waals surface area contributed by atoms with Gasteiger partial charge in [0.05, 0.1) is 5.69 Å². The zero-order valence-corrected chi connectivity index (χ0v) is 10.7. The summed E-state index contributed by atoms with van der Waals surface area (Å²) < 4.78 is 0. The topological polar surface area (TPSA) is 66.0 Å². The first-order valence-electron chi connectivity index (χ1n) is 5.64. The van der Waals surface area contributed by atoms with Crippen molar-refractivity contribution >= 4 is 17.6 Å². The molecule has 0 fully saturated rings. The van der Waals surface area contributed by atoms with E-state index in [4.69, 9.17) is 16.7 Å². The Balaban J connectivity index is 2.18. The summed E-state index contributed by atoms with van der Waals surface area (Å²) in [4.78, 5) is 10.7. The normalized spacial score (nSPS) is 9.74. The first kappa shape index (κ1) is 13.2. The summed E-state index contributed by atoms with van der Waals surface area (Å²) in [5.74, 6) is 5.44. The molecule has 0 spiro atoms. The van der Waals surface area contributed by atoms with Gasteiger partial charge in [0.2, 0.25) is 0 Å². The number of benzene rings is 1. The van der Waals surface area contributed by atoms with E-state index in [9.17, 15) is 4.79 Å². The molecule has 1 aromatic heterocycles. The number of rotatable bonds is 3. The first-order chi connectivity index (χ1) is 9.20. The Hall–Kier alpha value is -2.25. The van der Waals surface area contributed by atoms with Gasteiger partial charge in [0, 0.05) is 23.4 Å². The molecule has 1 aromatic carbocycles. The van der Waals surface area contributed by atoms with Gasteiger partial charge in [-0.25, -0.2) is 4.79 Å². The van der Waals surface area contributed by atoms with Crippen molar-refractivity contribution in [3.05, 3.63) is 41.6 Å². The van der Waals surface area contributed by atoms with Crippen LogP contribution < -0.4 is 0 Å². The SMILES string of the molecule is O=C(O)c1cc(-c2ccc(C#CCCCl)cc2)n[nH]1. The Morgan fingerprint density at radius 3 is 2.68 bits per heavy atom. The summed E-state index contributed by atoms with van der Waals surface area (Å²) in [7, 11) is 0. The summed E-state index contributed by atoms with van der Waals surface area (Å²) in [5, 5.41) is 15.2. The summed E-state index contributed by atoms with van der Waals surface area (Å²) >= 11 is 5.54. The van der Waals surface area contributed by atoms with E-state index < -0.39 is 5.97 Å². The highest BCUT2D eigenvalue weighted by Crippen LogP contribution is 2.18. The number of carbonyl (C=O) groups is 1. The van der Waals surface area contributed by atoms with Crippen LogP contribution in [0.5, 0.6) is 0 Å². The van der Waals surface area contributed by atoms with Crippen molar-refractivity contribution in [3.63, 3.8) is 0 Å². The number of carboxylic acids is 1. The van der Waals surface area contributed by atoms with Crippen molar-refractivity contribution in [2.75, 3.05) is 5.88 Å². The maximum Gasteiger partial charge on any atom is 0.353 e. The van der Waals surface area contributed by atoms with Crippen LogP contribution >= 0.6 is 11.6 Å². The van der Waals surface area contributed by atoms with Crippen LogP contribution in [-0.4, -0.2) is 27.2 Å². The van der Waals surface area contributed by atoms with Crippen LogP contribution in [0.4, 0.5) is 0 Å². The molecule has 0 radical (unpaired) electrons. The Morgan fingerprint density at radius 2 is 2.11 bits per heavy atom. The number of nitrogens with one attached hydrogen (secondary N) is 1. The van der Waals surface area contributed by atoms with Crippen LogP contribution in [-0.2, 0) is 0 Å². The van der Waals surface area contributed by atoms with Crippen LogP contribution in [0.3, 0.4) is 0 Å². The van der Waals surface area contributed by atoms with Gasteiger partial charge in [-0.05, 0) is 18.2 Å². The lowest BCUT2D eigenvalue weighted by atomic mass is 10.1.